The molecule has 2 aromatic heterocycles. The Bertz CT molecular complexity index is 1270. The molecule has 6 nitrogen and oxygen atoms in total. The summed E-state index contributed by atoms with van der Waals surface area (Å²) in [4.78, 5) is 32.4. The van der Waals surface area contributed by atoms with Crippen LogP contribution in [-0.2, 0) is 0 Å². The molecule has 1 saturated carbocycles. The topological polar surface area (TPSA) is 82.5 Å². The van der Waals surface area contributed by atoms with E-state index in [2.05, 4.69) is 35.2 Å². The Kier molecular flexibility index (Phi) is 7.37. The average molecular weight is 522 g/mol. The molecule has 3 aromatic rings. The Morgan fingerprint density at radius 3 is 2.56 bits per heavy atom. The molecule has 0 saturated heterocycles. The van der Waals surface area contributed by atoms with E-state index in [4.69, 9.17) is 0 Å². The fourth-order valence-corrected chi connectivity index (χ4v) is 6.94. The summed E-state index contributed by atoms with van der Waals surface area (Å²) in [5, 5.41) is 14.7. The number of thiazole rings is 1. The number of anilines is 1. The Labute approximate surface area is 219 Å². The number of nitrogens with zero attached hydrogens (tertiary/aromatic N) is 2. The van der Waals surface area contributed by atoms with Gasteiger partial charge in [0.2, 0.25) is 0 Å². The zero-order valence-corrected chi connectivity index (χ0v) is 22.3. The van der Waals surface area contributed by atoms with Gasteiger partial charge in [-0.3, -0.25) is 4.79 Å². The zero-order valence-electron chi connectivity index (χ0n) is 20.6. The van der Waals surface area contributed by atoms with Gasteiger partial charge in [0.05, 0.1) is 5.51 Å². The molecule has 36 heavy (non-hydrogen) atoms. The minimum Gasteiger partial charge on any atom is -0.477 e. The number of likely N-dealkylation sites (N-methyl/N-ethyl adjacent to an activating group) is 1. The molecule has 3 heterocycles. The van der Waals surface area contributed by atoms with E-state index in [0.717, 1.165) is 41.4 Å². The maximum atomic E-state index is 12.3. The molecule has 8 heteroatoms. The van der Waals surface area contributed by atoms with Crippen LogP contribution in [0.2, 0.25) is 0 Å². The van der Waals surface area contributed by atoms with Crippen LogP contribution in [0, 0.1) is 11.8 Å². The summed E-state index contributed by atoms with van der Waals surface area (Å²) in [6.45, 7) is 4.20. The lowest BCUT2D eigenvalue weighted by atomic mass is 9.75. The predicted octanol–water partition coefficient (Wildman–Crippen LogP) is 6.74. The van der Waals surface area contributed by atoms with Crippen molar-refractivity contribution in [1.82, 2.24) is 9.88 Å². The molecule has 0 spiro atoms. The van der Waals surface area contributed by atoms with Crippen molar-refractivity contribution in [3.63, 3.8) is 0 Å². The number of hydrogen-bond donors (Lipinski definition) is 2. The third kappa shape index (κ3) is 5.31. The smallest absolute Gasteiger partial charge is 0.346 e. The monoisotopic (exact) mass is 521 g/mol. The number of nitrogens with one attached hydrogen (secondary N) is 1. The molecule has 188 valence electrons. The summed E-state index contributed by atoms with van der Waals surface area (Å²) in [5.74, 6) is 0.221. The lowest BCUT2D eigenvalue weighted by Gasteiger charge is -2.35. The molecule has 0 unspecified atom stereocenters. The van der Waals surface area contributed by atoms with Crippen LogP contribution in [0.4, 0.5) is 5.69 Å². The quantitative estimate of drug-likeness (QED) is 0.375. The van der Waals surface area contributed by atoms with Crippen LogP contribution in [0.5, 0.6) is 0 Å². The molecular weight excluding hydrogens is 490 g/mol. The molecule has 1 aliphatic heterocycles. The van der Waals surface area contributed by atoms with Gasteiger partial charge in [0.25, 0.3) is 5.91 Å². The highest BCUT2D eigenvalue weighted by Gasteiger charge is 2.30. The summed E-state index contributed by atoms with van der Waals surface area (Å²) >= 11 is 2.72. The number of thiophene rings is 1. The number of hydrogen-bond acceptors (Lipinski definition) is 6. The Balaban J connectivity index is 1.45. The lowest BCUT2D eigenvalue weighted by Crippen LogP contribution is -2.31. The molecule has 1 aliphatic carbocycles. The molecule has 2 N–H and O–H groups in total. The maximum absolute atomic E-state index is 12.3. The first-order chi connectivity index (χ1) is 17.4. The second kappa shape index (κ2) is 10.7. The van der Waals surface area contributed by atoms with Gasteiger partial charge in [0, 0.05) is 34.6 Å². The predicted molar refractivity (Wildman–Crippen MR) is 147 cm³/mol. The van der Waals surface area contributed by atoms with E-state index in [1.807, 2.05) is 24.3 Å². The number of amides is 1. The Morgan fingerprint density at radius 2 is 1.89 bits per heavy atom. The standard InChI is InChI=1S/C28H31N3O3S2/c1-17-3-5-18(6-4-17)23-14-31(2)12-11-21(23)22-13-25(36-26(22)28(33)34)19-7-9-20(10-8-19)30-27(32)24-15-35-16-29-24/h7-10,13,15-18H,3-6,11-12,14H2,1-2H3,(H,30,32)(H,33,34). The second-order valence-electron chi connectivity index (χ2n) is 10.0. The van der Waals surface area contributed by atoms with Gasteiger partial charge in [0.15, 0.2) is 0 Å². The summed E-state index contributed by atoms with van der Waals surface area (Å²) in [6.07, 6.45) is 5.77. The van der Waals surface area contributed by atoms with Gasteiger partial charge in [-0.05, 0) is 73.1 Å². The summed E-state index contributed by atoms with van der Waals surface area (Å²) < 4.78 is 0. The van der Waals surface area contributed by atoms with Gasteiger partial charge < -0.3 is 15.3 Å². The van der Waals surface area contributed by atoms with Crippen LogP contribution in [0.15, 0.2) is 46.8 Å². The van der Waals surface area contributed by atoms with Crippen LogP contribution in [0.3, 0.4) is 0 Å². The van der Waals surface area contributed by atoms with Crippen LogP contribution >= 0.6 is 22.7 Å². The molecule has 2 aliphatic rings. The normalized spacial score (nSPS) is 20.9. The number of carbonyl (C=O) groups excluding carboxylic acids is 1. The molecule has 1 amide bonds. The molecule has 1 fully saturated rings. The van der Waals surface area contributed by atoms with Crippen molar-refractivity contribution in [3.8, 4) is 10.4 Å². The van der Waals surface area contributed by atoms with Gasteiger partial charge in [-0.15, -0.1) is 22.7 Å². The fourth-order valence-electron chi connectivity index (χ4n) is 5.37. The number of rotatable bonds is 6. The summed E-state index contributed by atoms with van der Waals surface area (Å²) in [7, 11) is 2.16. The van der Waals surface area contributed by atoms with Gasteiger partial charge in [0.1, 0.15) is 10.6 Å². The SMILES string of the molecule is CC1CCC(C2=C(c3cc(-c4ccc(NC(=O)c5cscn5)cc4)sc3C(=O)O)CCN(C)C2)CC1. The minimum atomic E-state index is -0.864. The van der Waals surface area contributed by atoms with Gasteiger partial charge >= 0.3 is 5.97 Å². The second-order valence-corrected chi connectivity index (χ2v) is 11.8. The van der Waals surface area contributed by atoms with Crippen molar-refractivity contribution in [1.29, 1.82) is 0 Å². The van der Waals surface area contributed by atoms with Crippen molar-refractivity contribution < 1.29 is 14.7 Å². The third-order valence-electron chi connectivity index (χ3n) is 7.42. The third-order valence-corrected chi connectivity index (χ3v) is 9.18. The van der Waals surface area contributed by atoms with Crippen LogP contribution in [0.1, 0.15) is 64.8 Å². The molecule has 1 aromatic carbocycles. The first kappa shape index (κ1) is 24.9. The maximum Gasteiger partial charge on any atom is 0.346 e. The largest absolute Gasteiger partial charge is 0.477 e. The summed E-state index contributed by atoms with van der Waals surface area (Å²) in [5.41, 5.74) is 7.24. The van der Waals surface area contributed by atoms with Crippen LogP contribution in [0.25, 0.3) is 16.0 Å². The summed E-state index contributed by atoms with van der Waals surface area (Å²) in [6, 6.07) is 9.64. The highest BCUT2D eigenvalue weighted by atomic mass is 32.1. The highest BCUT2D eigenvalue weighted by Crippen LogP contribution is 2.43. The van der Waals surface area contributed by atoms with E-state index < -0.39 is 5.97 Å². The molecule has 0 radical (unpaired) electrons. The molecule has 5 rings (SSSR count). The highest BCUT2D eigenvalue weighted by molar-refractivity contribution is 7.17. The number of aromatic nitrogens is 1. The van der Waals surface area contributed by atoms with E-state index in [1.54, 1.807) is 10.9 Å². The first-order valence-electron chi connectivity index (χ1n) is 12.5. The minimum absolute atomic E-state index is 0.241. The van der Waals surface area contributed by atoms with Crippen LogP contribution in [-0.4, -0.2) is 47.0 Å². The van der Waals surface area contributed by atoms with E-state index in [0.29, 0.717) is 22.2 Å². The van der Waals surface area contributed by atoms with E-state index in [9.17, 15) is 14.7 Å². The zero-order chi connectivity index (χ0) is 25.2. The number of carboxylic acids is 1. The fraction of sp³-hybridized carbons (Fsp3) is 0.393. The average Bonchev–Trinajstić information content (AvgIpc) is 3.56. The van der Waals surface area contributed by atoms with E-state index >= 15 is 0 Å². The van der Waals surface area contributed by atoms with Crippen molar-refractivity contribution in [2.24, 2.45) is 11.8 Å². The Hall–Kier alpha value is -2.81. The van der Waals surface area contributed by atoms with Crippen molar-refractivity contribution in [2.75, 3.05) is 25.5 Å². The lowest BCUT2D eigenvalue weighted by molar-refractivity contribution is 0.0701. The number of carbonyl (C=O) groups is 2. The van der Waals surface area contributed by atoms with E-state index in [1.165, 1.54) is 59.5 Å². The van der Waals surface area contributed by atoms with E-state index in [-0.39, 0.29) is 5.91 Å². The van der Waals surface area contributed by atoms with Gasteiger partial charge in [-0.1, -0.05) is 31.9 Å². The number of aromatic carboxylic acids is 1. The van der Waals surface area contributed by atoms with Gasteiger partial charge in [-0.2, -0.15) is 0 Å². The van der Waals surface area contributed by atoms with Crippen molar-refractivity contribution >= 4 is 45.8 Å². The number of carboxylic acid groups (broad SMARTS) is 1. The molecular formula is C28H31N3O3S2. The van der Waals surface area contributed by atoms with Crippen molar-refractivity contribution in [3.05, 3.63) is 62.9 Å². The molecule has 0 atom stereocenters. The Morgan fingerprint density at radius 1 is 1.14 bits per heavy atom. The first-order valence-corrected chi connectivity index (χ1v) is 14.2. The molecule has 0 bridgehead atoms. The van der Waals surface area contributed by atoms with Crippen molar-refractivity contribution in [2.45, 2.75) is 39.0 Å². The number of benzene rings is 1. The van der Waals surface area contributed by atoms with Gasteiger partial charge in [-0.25, -0.2) is 9.78 Å². The van der Waals surface area contributed by atoms with Crippen LogP contribution < -0.4 is 5.32 Å².